The molecule has 2 unspecified atom stereocenters. The summed E-state index contributed by atoms with van der Waals surface area (Å²) < 4.78 is 22.2. The van der Waals surface area contributed by atoms with E-state index in [1.54, 1.807) is 38.2 Å². The molecule has 0 saturated heterocycles. The summed E-state index contributed by atoms with van der Waals surface area (Å²) >= 11 is 0. The molecule has 0 aliphatic rings. The largest absolute Gasteiger partial charge is 0.508 e. The fourth-order valence-corrected chi connectivity index (χ4v) is 2.65. The van der Waals surface area contributed by atoms with Gasteiger partial charge in [0.05, 0.1) is 17.8 Å². The van der Waals surface area contributed by atoms with Crippen LogP contribution in [0.1, 0.15) is 24.9 Å². The molecule has 0 aromatic heterocycles. The second-order valence-electron chi connectivity index (χ2n) is 5.21. The number of nitrogens with two attached hydrogens (primary N) is 1. The predicted molar refractivity (Wildman–Crippen MR) is 81.6 cm³/mol. The Bertz CT molecular complexity index is 601. The van der Waals surface area contributed by atoms with Gasteiger partial charge in [-0.15, -0.1) is 0 Å². The van der Waals surface area contributed by atoms with E-state index in [2.05, 4.69) is 0 Å². The summed E-state index contributed by atoms with van der Waals surface area (Å²) in [6, 6.07) is 5.51. The van der Waals surface area contributed by atoms with Crippen LogP contribution in [0.4, 0.5) is 0 Å². The number of carbonyl (C=O) groups excluding carboxylic acids is 1. The third-order valence-corrected chi connectivity index (χ3v) is 4.41. The smallest absolute Gasteiger partial charge is 0.239 e. The molecule has 0 aliphatic carbocycles. The van der Waals surface area contributed by atoms with E-state index in [-0.39, 0.29) is 29.9 Å². The van der Waals surface area contributed by atoms with Crippen LogP contribution < -0.4 is 5.73 Å². The first-order chi connectivity index (χ1) is 9.63. The molecule has 6 nitrogen and oxygen atoms in total. The van der Waals surface area contributed by atoms with Crippen LogP contribution in [0.2, 0.25) is 0 Å². The minimum atomic E-state index is -3.15. The third kappa shape index (κ3) is 5.02. The lowest BCUT2D eigenvalue weighted by Gasteiger charge is -2.28. The van der Waals surface area contributed by atoms with Crippen LogP contribution in [-0.2, 0) is 14.6 Å². The van der Waals surface area contributed by atoms with Gasteiger partial charge < -0.3 is 15.7 Å². The van der Waals surface area contributed by atoms with Crippen LogP contribution in [0.5, 0.6) is 5.75 Å². The molecule has 1 rings (SSSR count). The molecule has 0 saturated carbocycles. The van der Waals surface area contributed by atoms with Crippen molar-refractivity contribution >= 4 is 15.7 Å². The van der Waals surface area contributed by atoms with Crippen LogP contribution in [0.3, 0.4) is 0 Å². The van der Waals surface area contributed by atoms with Gasteiger partial charge in [0.15, 0.2) is 0 Å². The van der Waals surface area contributed by atoms with Crippen molar-refractivity contribution in [3.63, 3.8) is 0 Å². The third-order valence-electron chi connectivity index (χ3n) is 3.43. The van der Waals surface area contributed by atoms with Gasteiger partial charge in [-0.2, -0.15) is 0 Å². The molecular formula is C14H22N2O4S. The zero-order valence-corrected chi connectivity index (χ0v) is 13.3. The summed E-state index contributed by atoms with van der Waals surface area (Å²) in [6.07, 6.45) is 1.19. The number of para-hydroxylation sites is 1. The van der Waals surface area contributed by atoms with Gasteiger partial charge in [-0.1, -0.05) is 18.2 Å². The summed E-state index contributed by atoms with van der Waals surface area (Å²) in [5.41, 5.74) is 6.38. The number of sulfone groups is 1. The summed E-state index contributed by atoms with van der Waals surface area (Å²) in [6.45, 7) is 1.77. The number of phenols is 1. The van der Waals surface area contributed by atoms with Crippen LogP contribution in [-0.4, -0.2) is 49.4 Å². The molecule has 0 heterocycles. The first kappa shape index (κ1) is 17.5. The molecule has 0 aliphatic heterocycles. The van der Waals surface area contributed by atoms with E-state index < -0.39 is 15.9 Å². The summed E-state index contributed by atoms with van der Waals surface area (Å²) in [4.78, 5) is 13.6. The highest BCUT2D eigenvalue weighted by Gasteiger charge is 2.25. The zero-order valence-electron chi connectivity index (χ0n) is 12.5. The molecule has 0 radical (unpaired) electrons. The quantitative estimate of drug-likeness (QED) is 0.804. The molecule has 1 aromatic carbocycles. The van der Waals surface area contributed by atoms with Gasteiger partial charge in [0.25, 0.3) is 0 Å². The monoisotopic (exact) mass is 314 g/mol. The SMILES string of the molecule is CC(c1ccccc1O)N(C)C(=O)C(N)CCS(C)(=O)=O. The standard InChI is InChI=1S/C14H22N2O4S/c1-10(11-6-4-5-7-13(11)17)16(2)14(18)12(15)8-9-21(3,19)20/h4-7,10,12,17H,8-9,15H2,1-3H3. The van der Waals surface area contributed by atoms with Crippen molar-refractivity contribution in [1.82, 2.24) is 4.90 Å². The van der Waals surface area contributed by atoms with Gasteiger partial charge in [0, 0.05) is 18.9 Å². The van der Waals surface area contributed by atoms with Gasteiger partial charge in [-0.05, 0) is 19.4 Å². The maximum absolute atomic E-state index is 12.2. The van der Waals surface area contributed by atoms with E-state index in [1.807, 2.05) is 0 Å². The number of hydrogen-bond acceptors (Lipinski definition) is 5. The van der Waals surface area contributed by atoms with Crippen LogP contribution >= 0.6 is 0 Å². The van der Waals surface area contributed by atoms with Crippen molar-refractivity contribution in [2.24, 2.45) is 5.73 Å². The number of nitrogens with zero attached hydrogens (tertiary/aromatic N) is 1. The molecule has 1 aromatic rings. The van der Waals surface area contributed by atoms with Gasteiger partial charge >= 0.3 is 0 Å². The van der Waals surface area contributed by atoms with Crippen LogP contribution in [0.25, 0.3) is 0 Å². The van der Waals surface area contributed by atoms with Crippen LogP contribution in [0, 0.1) is 0 Å². The van der Waals surface area contributed by atoms with E-state index in [9.17, 15) is 18.3 Å². The maximum Gasteiger partial charge on any atom is 0.239 e. The summed E-state index contributed by atoms with van der Waals surface area (Å²) in [5, 5.41) is 9.81. The van der Waals surface area contributed by atoms with E-state index >= 15 is 0 Å². The molecular weight excluding hydrogens is 292 g/mol. The molecule has 0 bridgehead atoms. The number of rotatable bonds is 6. The minimum Gasteiger partial charge on any atom is -0.508 e. The Kier molecular flexibility index (Phi) is 5.74. The Labute approximate surface area is 125 Å². The lowest BCUT2D eigenvalue weighted by Crippen LogP contribution is -2.43. The summed E-state index contributed by atoms with van der Waals surface area (Å²) in [7, 11) is -1.57. The van der Waals surface area contributed by atoms with Crippen molar-refractivity contribution in [3.8, 4) is 5.75 Å². The van der Waals surface area contributed by atoms with Crippen molar-refractivity contribution < 1.29 is 18.3 Å². The maximum atomic E-state index is 12.2. The number of phenolic OH excluding ortho intramolecular Hbond substituents is 1. The van der Waals surface area contributed by atoms with Crippen molar-refractivity contribution in [1.29, 1.82) is 0 Å². The second-order valence-corrected chi connectivity index (χ2v) is 7.47. The Hall–Kier alpha value is -1.60. The Morgan fingerprint density at radius 1 is 1.38 bits per heavy atom. The molecule has 0 fully saturated rings. The normalized spacial score (nSPS) is 14.5. The number of carbonyl (C=O) groups is 1. The van der Waals surface area contributed by atoms with Crippen molar-refractivity contribution in [2.45, 2.75) is 25.4 Å². The lowest BCUT2D eigenvalue weighted by molar-refractivity contribution is -0.133. The molecule has 118 valence electrons. The molecule has 2 atom stereocenters. The fourth-order valence-electron chi connectivity index (χ4n) is 1.97. The van der Waals surface area contributed by atoms with Crippen molar-refractivity contribution in [3.05, 3.63) is 29.8 Å². The van der Waals surface area contributed by atoms with Gasteiger partial charge in [0.2, 0.25) is 5.91 Å². The number of amides is 1. The lowest BCUT2D eigenvalue weighted by atomic mass is 10.1. The number of aromatic hydroxyl groups is 1. The average Bonchev–Trinajstić information content (AvgIpc) is 2.42. The van der Waals surface area contributed by atoms with E-state index in [4.69, 9.17) is 5.73 Å². The highest BCUT2D eigenvalue weighted by molar-refractivity contribution is 7.90. The molecule has 1 amide bonds. The number of benzene rings is 1. The second kappa shape index (κ2) is 6.91. The molecule has 7 heteroatoms. The molecule has 21 heavy (non-hydrogen) atoms. The summed E-state index contributed by atoms with van der Waals surface area (Å²) in [5.74, 6) is -0.373. The zero-order chi connectivity index (χ0) is 16.2. The average molecular weight is 314 g/mol. The predicted octanol–water partition coefficient (Wildman–Crippen LogP) is 0.674. The molecule has 3 N–H and O–H groups in total. The van der Waals surface area contributed by atoms with Crippen LogP contribution in [0.15, 0.2) is 24.3 Å². The highest BCUT2D eigenvalue weighted by Crippen LogP contribution is 2.27. The first-order valence-corrected chi connectivity index (χ1v) is 8.67. The highest BCUT2D eigenvalue weighted by atomic mass is 32.2. The van der Waals surface area contributed by atoms with Gasteiger partial charge in [-0.3, -0.25) is 4.79 Å². The van der Waals surface area contributed by atoms with E-state index in [1.165, 1.54) is 4.90 Å². The van der Waals surface area contributed by atoms with E-state index in [0.29, 0.717) is 5.56 Å². The Morgan fingerprint density at radius 3 is 2.48 bits per heavy atom. The molecule has 0 spiro atoms. The van der Waals surface area contributed by atoms with Gasteiger partial charge in [0.1, 0.15) is 15.6 Å². The Morgan fingerprint density at radius 2 is 1.95 bits per heavy atom. The minimum absolute atomic E-state index is 0.0789. The Balaban J connectivity index is 2.76. The fraction of sp³-hybridized carbons (Fsp3) is 0.500. The van der Waals surface area contributed by atoms with E-state index in [0.717, 1.165) is 6.26 Å². The number of likely N-dealkylation sites (N-methyl/N-ethyl adjacent to an activating group) is 1. The topological polar surface area (TPSA) is 101 Å². The van der Waals surface area contributed by atoms with Crippen molar-refractivity contribution in [2.75, 3.05) is 19.1 Å². The van der Waals surface area contributed by atoms with Gasteiger partial charge in [-0.25, -0.2) is 8.42 Å². The number of hydrogen-bond donors (Lipinski definition) is 2. The first-order valence-electron chi connectivity index (χ1n) is 6.61.